The summed E-state index contributed by atoms with van der Waals surface area (Å²) in [5.41, 5.74) is 1.99. The molecule has 0 spiro atoms. The zero-order valence-corrected chi connectivity index (χ0v) is 10.5. The van der Waals surface area contributed by atoms with Gasteiger partial charge in [-0.15, -0.1) is 0 Å². The van der Waals surface area contributed by atoms with E-state index in [2.05, 4.69) is 22.9 Å². The molecular formula is C12H10BBrN2. The van der Waals surface area contributed by atoms with Crippen molar-refractivity contribution in [3.05, 3.63) is 40.4 Å². The molecule has 0 saturated heterocycles. The third-order valence-corrected chi connectivity index (χ3v) is 3.40. The third kappa shape index (κ3) is 1.76. The van der Waals surface area contributed by atoms with Crippen LogP contribution in [0, 0.1) is 11.3 Å². The molecule has 0 N–H and O–H groups in total. The molecule has 1 aromatic carbocycles. The summed E-state index contributed by atoms with van der Waals surface area (Å²) in [4.78, 5) is 1.72. The smallest absolute Gasteiger partial charge is 0.226 e. The van der Waals surface area contributed by atoms with Gasteiger partial charge in [0.25, 0.3) is 0 Å². The topological polar surface area (TPSA) is 27.0 Å². The van der Waals surface area contributed by atoms with Gasteiger partial charge in [-0.3, -0.25) is 0 Å². The fraction of sp³-hybridized carbons (Fsp3) is 0.250. The minimum Gasteiger partial charge on any atom is -0.423 e. The molecule has 0 saturated carbocycles. The lowest BCUT2D eigenvalue weighted by molar-refractivity contribution is 0.650. The second-order valence-electron chi connectivity index (χ2n) is 4.17. The van der Waals surface area contributed by atoms with Gasteiger partial charge in [0, 0.05) is 28.2 Å². The maximum Gasteiger partial charge on any atom is 0.226 e. The summed E-state index contributed by atoms with van der Waals surface area (Å²) >= 11 is 3.43. The van der Waals surface area contributed by atoms with Crippen LogP contribution in [0.5, 0.6) is 0 Å². The Morgan fingerprint density at radius 2 is 2.38 bits per heavy atom. The van der Waals surface area contributed by atoms with E-state index in [1.807, 2.05) is 30.3 Å². The van der Waals surface area contributed by atoms with Gasteiger partial charge in [-0.1, -0.05) is 35.0 Å². The van der Waals surface area contributed by atoms with Crippen molar-refractivity contribution in [1.82, 2.24) is 0 Å². The summed E-state index contributed by atoms with van der Waals surface area (Å²) < 4.78 is 1.01. The predicted molar refractivity (Wildman–Crippen MR) is 69.3 cm³/mol. The summed E-state index contributed by atoms with van der Waals surface area (Å²) in [5, 5.41) is 8.61. The van der Waals surface area contributed by atoms with E-state index in [4.69, 9.17) is 13.2 Å². The Hall–Kier alpha value is -1.21. The quantitative estimate of drug-likeness (QED) is 0.581. The highest BCUT2D eigenvalue weighted by Crippen LogP contribution is 2.41. The minimum absolute atomic E-state index is 0.180. The van der Waals surface area contributed by atoms with E-state index in [9.17, 15) is 0 Å². The second kappa shape index (κ2) is 3.99. The average Bonchev–Trinajstić information content (AvgIpc) is 2.49. The molecule has 0 fully saturated rings. The lowest BCUT2D eigenvalue weighted by Crippen LogP contribution is -2.27. The fourth-order valence-corrected chi connectivity index (χ4v) is 2.46. The Kier molecular flexibility index (Phi) is 2.81. The van der Waals surface area contributed by atoms with Crippen LogP contribution in [-0.2, 0) is 5.41 Å². The van der Waals surface area contributed by atoms with Gasteiger partial charge in [0.1, 0.15) is 0 Å². The maximum absolute atomic E-state index is 8.61. The molecule has 78 valence electrons. The number of rotatable bonds is 1. The number of anilines is 1. The van der Waals surface area contributed by atoms with Gasteiger partial charge in [0.15, 0.2) is 0 Å². The first-order valence-corrected chi connectivity index (χ1v) is 5.76. The molecule has 1 aromatic rings. The highest BCUT2D eigenvalue weighted by Gasteiger charge is 2.34. The number of allylic oxidation sites excluding steroid dienone is 1. The molecule has 1 heterocycles. The summed E-state index contributed by atoms with van der Waals surface area (Å²) in [6, 6.07) is 8.07. The first kappa shape index (κ1) is 11.3. The summed E-state index contributed by atoms with van der Waals surface area (Å²) in [5.74, 6) is 0. The zero-order chi connectivity index (χ0) is 11.8. The van der Waals surface area contributed by atoms with Gasteiger partial charge in [0.2, 0.25) is 7.98 Å². The van der Waals surface area contributed by atoms with Gasteiger partial charge in [0.05, 0.1) is 6.07 Å². The molecule has 2 nitrogen and oxygen atoms in total. The van der Waals surface area contributed by atoms with Crippen molar-refractivity contribution < 1.29 is 0 Å². The van der Waals surface area contributed by atoms with Crippen molar-refractivity contribution >= 4 is 29.6 Å². The third-order valence-electron chi connectivity index (χ3n) is 2.91. The first-order chi connectivity index (χ1) is 7.57. The fourth-order valence-electron chi connectivity index (χ4n) is 2.11. The van der Waals surface area contributed by atoms with Crippen LogP contribution in [0.2, 0.25) is 0 Å². The number of fused-ring (bicyclic) bond motifs is 1. The summed E-state index contributed by atoms with van der Waals surface area (Å²) in [6.45, 7) is 2.78. The molecule has 1 aliphatic heterocycles. The standard InChI is InChI=1S/C12H10BBrN2/c1-12(5-2-6-15)8-16(13)11-7-9(14)3-4-10(11)12/h2-5,7H,8H2,1H3/b5-2+. The monoisotopic (exact) mass is 272 g/mol. The van der Waals surface area contributed by atoms with Crippen LogP contribution < -0.4 is 4.81 Å². The number of nitrogens with zero attached hydrogens (tertiary/aromatic N) is 2. The molecule has 1 unspecified atom stereocenters. The Labute approximate surface area is 105 Å². The van der Waals surface area contributed by atoms with E-state index in [-0.39, 0.29) is 5.41 Å². The van der Waals surface area contributed by atoms with Crippen LogP contribution in [0.1, 0.15) is 12.5 Å². The highest BCUT2D eigenvalue weighted by atomic mass is 79.9. The summed E-state index contributed by atoms with van der Waals surface area (Å²) in [6.07, 6.45) is 3.43. The second-order valence-corrected chi connectivity index (χ2v) is 5.08. The minimum atomic E-state index is -0.180. The molecule has 16 heavy (non-hydrogen) atoms. The van der Waals surface area contributed by atoms with Gasteiger partial charge in [-0.25, -0.2) is 0 Å². The van der Waals surface area contributed by atoms with E-state index in [1.54, 1.807) is 4.81 Å². The maximum atomic E-state index is 8.61. The van der Waals surface area contributed by atoms with Crippen LogP contribution in [0.25, 0.3) is 0 Å². The number of hydrogen-bond acceptors (Lipinski definition) is 2. The molecule has 2 rings (SSSR count). The van der Waals surface area contributed by atoms with Crippen LogP contribution in [0.4, 0.5) is 5.69 Å². The molecule has 1 atom stereocenters. The van der Waals surface area contributed by atoms with Crippen LogP contribution in [0.15, 0.2) is 34.8 Å². The van der Waals surface area contributed by atoms with Crippen molar-refractivity contribution in [3.8, 4) is 6.07 Å². The molecular weight excluding hydrogens is 263 g/mol. The lowest BCUT2D eigenvalue weighted by Gasteiger charge is -2.20. The van der Waals surface area contributed by atoms with Gasteiger partial charge >= 0.3 is 0 Å². The lowest BCUT2D eigenvalue weighted by atomic mass is 9.84. The van der Waals surface area contributed by atoms with Gasteiger partial charge in [-0.05, 0) is 17.7 Å². The van der Waals surface area contributed by atoms with Crippen molar-refractivity contribution in [2.45, 2.75) is 12.3 Å². The van der Waals surface area contributed by atoms with E-state index in [0.29, 0.717) is 6.54 Å². The van der Waals surface area contributed by atoms with Crippen molar-refractivity contribution in [2.75, 3.05) is 11.4 Å². The number of halogens is 1. The Morgan fingerprint density at radius 1 is 1.62 bits per heavy atom. The molecule has 0 aliphatic carbocycles. The molecule has 4 heteroatoms. The van der Waals surface area contributed by atoms with Crippen molar-refractivity contribution in [2.24, 2.45) is 0 Å². The molecule has 0 aromatic heterocycles. The van der Waals surface area contributed by atoms with E-state index < -0.39 is 0 Å². The largest absolute Gasteiger partial charge is 0.423 e. The van der Waals surface area contributed by atoms with E-state index in [1.165, 1.54) is 6.08 Å². The number of nitriles is 1. The van der Waals surface area contributed by atoms with Crippen molar-refractivity contribution in [3.63, 3.8) is 0 Å². The van der Waals surface area contributed by atoms with Crippen molar-refractivity contribution in [1.29, 1.82) is 5.26 Å². The molecule has 0 bridgehead atoms. The van der Waals surface area contributed by atoms with Crippen LogP contribution >= 0.6 is 15.9 Å². The van der Waals surface area contributed by atoms with Crippen LogP contribution in [0.3, 0.4) is 0 Å². The van der Waals surface area contributed by atoms with Gasteiger partial charge < -0.3 is 4.81 Å². The van der Waals surface area contributed by atoms with Gasteiger partial charge in [-0.2, -0.15) is 5.26 Å². The molecule has 1 aliphatic rings. The summed E-state index contributed by atoms with van der Waals surface area (Å²) in [7, 11) is 5.96. The van der Waals surface area contributed by atoms with Crippen LogP contribution in [-0.4, -0.2) is 14.5 Å². The molecule has 0 amide bonds. The predicted octanol–water partition coefficient (Wildman–Crippen LogP) is 2.69. The molecule has 2 radical (unpaired) electrons. The number of hydrogen-bond donors (Lipinski definition) is 0. The number of benzene rings is 1. The average molecular weight is 273 g/mol. The Morgan fingerprint density at radius 3 is 3.06 bits per heavy atom. The zero-order valence-electron chi connectivity index (χ0n) is 8.94. The van der Waals surface area contributed by atoms with E-state index in [0.717, 1.165) is 15.7 Å². The normalized spacial score (nSPS) is 23.4. The Bertz CT molecular complexity index is 492. The SMILES string of the molecule is [B]N1CC(C)(/C=C/C#N)c2ccc(Br)cc21. The Balaban J connectivity index is 2.51. The first-order valence-electron chi connectivity index (χ1n) is 4.96. The van der Waals surface area contributed by atoms with E-state index >= 15 is 0 Å². The highest BCUT2D eigenvalue weighted by molar-refractivity contribution is 9.10.